The Hall–Kier alpha value is -2.75. The van der Waals surface area contributed by atoms with Crippen LogP contribution in [0, 0.1) is 25.2 Å². The van der Waals surface area contributed by atoms with E-state index in [1.54, 1.807) is 26.8 Å². The average Bonchev–Trinajstić information content (AvgIpc) is 2.81. The standard InChI is InChI=1S/C13H13N5O2/c1-4-20-13(19)12-9(3)16-18(17-12)11-5-8(2)10(6-14)7-15-11/h5,7H,4H2,1-3H3. The number of nitriles is 1. The highest BCUT2D eigenvalue weighted by Crippen LogP contribution is 2.11. The molecule has 0 bridgehead atoms. The van der Waals surface area contributed by atoms with Crippen molar-refractivity contribution in [2.45, 2.75) is 20.8 Å². The predicted octanol–water partition coefficient (Wildman–Crippen LogP) is 1.33. The van der Waals surface area contributed by atoms with Gasteiger partial charge >= 0.3 is 5.97 Å². The van der Waals surface area contributed by atoms with Gasteiger partial charge in [0, 0.05) is 6.20 Å². The summed E-state index contributed by atoms with van der Waals surface area (Å²) in [5.74, 6) is -0.0678. The van der Waals surface area contributed by atoms with Crippen LogP contribution < -0.4 is 0 Å². The third kappa shape index (κ3) is 2.49. The maximum Gasteiger partial charge on any atom is 0.360 e. The predicted molar refractivity (Wildman–Crippen MR) is 69.3 cm³/mol. The van der Waals surface area contributed by atoms with Crippen LogP contribution in [0.4, 0.5) is 0 Å². The molecule has 0 amide bonds. The summed E-state index contributed by atoms with van der Waals surface area (Å²) in [5.41, 5.74) is 1.89. The van der Waals surface area contributed by atoms with Gasteiger partial charge in [0.25, 0.3) is 0 Å². The highest BCUT2D eigenvalue weighted by atomic mass is 16.5. The summed E-state index contributed by atoms with van der Waals surface area (Å²) in [6, 6.07) is 3.73. The summed E-state index contributed by atoms with van der Waals surface area (Å²) < 4.78 is 4.90. The van der Waals surface area contributed by atoms with Gasteiger partial charge < -0.3 is 4.74 Å². The fraction of sp³-hybridized carbons (Fsp3) is 0.308. The second-order valence-corrected chi connectivity index (χ2v) is 4.11. The quantitative estimate of drug-likeness (QED) is 0.782. The molecule has 2 aromatic heterocycles. The van der Waals surface area contributed by atoms with Gasteiger partial charge in [0.05, 0.1) is 17.9 Å². The number of nitrogens with zero attached hydrogens (tertiary/aromatic N) is 5. The van der Waals surface area contributed by atoms with Crippen LogP contribution in [-0.2, 0) is 4.74 Å². The van der Waals surface area contributed by atoms with Gasteiger partial charge in [-0.1, -0.05) is 0 Å². The Morgan fingerprint density at radius 3 is 2.80 bits per heavy atom. The molecule has 0 atom stereocenters. The molecule has 0 spiro atoms. The van der Waals surface area contributed by atoms with Gasteiger partial charge in [-0.3, -0.25) is 0 Å². The Morgan fingerprint density at radius 2 is 2.20 bits per heavy atom. The lowest BCUT2D eigenvalue weighted by atomic mass is 10.2. The fourth-order valence-corrected chi connectivity index (χ4v) is 1.64. The molecular weight excluding hydrogens is 258 g/mol. The second-order valence-electron chi connectivity index (χ2n) is 4.11. The van der Waals surface area contributed by atoms with Crippen LogP contribution in [0.1, 0.15) is 34.2 Å². The highest BCUT2D eigenvalue weighted by molar-refractivity contribution is 5.88. The molecule has 7 nitrogen and oxygen atoms in total. The topological polar surface area (TPSA) is 93.7 Å². The molecule has 20 heavy (non-hydrogen) atoms. The van der Waals surface area contributed by atoms with Crippen molar-refractivity contribution in [2.75, 3.05) is 6.61 Å². The molecule has 0 aromatic carbocycles. The Bertz CT molecular complexity index is 699. The van der Waals surface area contributed by atoms with Gasteiger partial charge in [0.1, 0.15) is 6.07 Å². The minimum Gasteiger partial charge on any atom is -0.461 e. The Kier molecular flexibility index (Phi) is 3.75. The van der Waals surface area contributed by atoms with Gasteiger partial charge in [-0.15, -0.1) is 9.90 Å². The molecule has 0 saturated carbocycles. The van der Waals surface area contributed by atoms with Crippen LogP contribution in [0.5, 0.6) is 0 Å². The zero-order valence-electron chi connectivity index (χ0n) is 11.4. The lowest BCUT2D eigenvalue weighted by Crippen LogP contribution is -2.08. The summed E-state index contributed by atoms with van der Waals surface area (Å²) in [4.78, 5) is 17.0. The number of hydrogen-bond acceptors (Lipinski definition) is 6. The Labute approximate surface area is 115 Å². The SMILES string of the molecule is CCOC(=O)c1nn(-c2cc(C)c(C#N)cn2)nc1C. The first-order chi connectivity index (χ1) is 9.56. The summed E-state index contributed by atoms with van der Waals surface area (Å²) >= 11 is 0. The van der Waals surface area contributed by atoms with E-state index < -0.39 is 5.97 Å². The maximum absolute atomic E-state index is 11.7. The molecule has 0 saturated heterocycles. The molecule has 0 fully saturated rings. The van der Waals surface area contributed by atoms with Gasteiger partial charge in [-0.2, -0.15) is 10.4 Å². The lowest BCUT2D eigenvalue weighted by Gasteiger charge is -2.01. The maximum atomic E-state index is 11.7. The summed E-state index contributed by atoms with van der Waals surface area (Å²) in [6.07, 6.45) is 1.45. The molecule has 2 aromatic rings. The minimum atomic E-state index is -0.512. The molecule has 0 radical (unpaired) electrons. The van der Waals surface area contributed by atoms with E-state index >= 15 is 0 Å². The van der Waals surface area contributed by atoms with Crippen LogP contribution in [0.25, 0.3) is 5.82 Å². The molecule has 2 heterocycles. The van der Waals surface area contributed by atoms with Crippen molar-refractivity contribution in [2.24, 2.45) is 0 Å². The van der Waals surface area contributed by atoms with Gasteiger partial charge in [0.2, 0.25) is 0 Å². The van der Waals surface area contributed by atoms with Crippen LogP contribution in [0.15, 0.2) is 12.3 Å². The van der Waals surface area contributed by atoms with Gasteiger partial charge in [-0.25, -0.2) is 9.78 Å². The van der Waals surface area contributed by atoms with E-state index in [2.05, 4.69) is 15.2 Å². The largest absolute Gasteiger partial charge is 0.461 e. The number of carbonyl (C=O) groups excluding carboxylic acids is 1. The normalized spacial score (nSPS) is 10.1. The molecule has 2 rings (SSSR count). The number of rotatable bonds is 3. The third-order valence-corrected chi connectivity index (χ3v) is 2.67. The van der Waals surface area contributed by atoms with Crippen LogP contribution >= 0.6 is 0 Å². The van der Waals surface area contributed by atoms with Gasteiger partial charge in [-0.05, 0) is 32.4 Å². The monoisotopic (exact) mass is 271 g/mol. The van der Waals surface area contributed by atoms with E-state index in [4.69, 9.17) is 10.00 Å². The highest BCUT2D eigenvalue weighted by Gasteiger charge is 2.18. The summed E-state index contributed by atoms with van der Waals surface area (Å²) in [6.45, 7) is 5.47. The third-order valence-electron chi connectivity index (χ3n) is 2.67. The van der Waals surface area contributed by atoms with Crippen molar-refractivity contribution >= 4 is 5.97 Å². The minimum absolute atomic E-state index is 0.163. The first-order valence-corrected chi connectivity index (χ1v) is 6.05. The van der Waals surface area contributed by atoms with Crippen LogP contribution in [0.2, 0.25) is 0 Å². The van der Waals surface area contributed by atoms with E-state index in [0.717, 1.165) is 5.56 Å². The van der Waals surface area contributed by atoms with E-state index in [0.29, 0.717) is 17.1 Å². The van der Waals surface area contributed by atoms with Crippen molar-refractivity contribution < 1.29 is 9.53 Å². The van der Waals surface area contributed by atoms with Crippen molar-refractivity contribution in [1.82, 2.24) is 20.0 Å². The van der Waals surface area contributed by atoms with E-state index in [-0.39, 0.29) is 12.3 Å². The Morgan fingerprint density at radius 1 is 1.45 bits per heavy atom. The van der Waals surface area contributed by atoms with E-state index in [1.807, 2.05) is 6.07 Å². The molecule has 0 unspecified atom stereocenters. The van der Waals surface area contributed by atoms with Crippen molar-refractivity contribution in [3.63, 3.8) is 0 Å². The fourth-order valence-electron chi connectivity index (χ4n) is 1.64. The van der Waals surface area contributed by atoms with Gasteiger partial charge in [0.15, 0.2) is 11.5 Å². The van der Waals surface area contributed by atoms with Crippen molar-refractivity contribution in [1.29, 1.82) is 5.26 Å². The Balaban J connectivity index is 2.40. The second kappa shape index (κ2) is 5.48. The number of pyridine rings is 1. The zero-order valence-corrected chi connectivity index (χ0v) is 11.4. The number of esters is 1. The summed E-state index contributed by atoms with van der Waals surface area (Å²) in [7, 11) is 0. The number of ether oxygens (including phenoxy) is 1. The smallest absolute Gasteiger partial charge is 0.360 e. The first kappa shape index (κ1) is 13.7. The van der Waals surface area contributed by atoms with E-state index in [9.17, 15) is 4.79 Å². The number of aromatic nitrogens is 4. The van der Waals surface area contributed by atoms with E-state index in [1.165, 1.54) is 11.0 Å². The van der Waals surface area contributed by atoms with Crippen LogP contribution in [-0.4, -0.2) is 32.6 Å². The number of aryl methyl sites for hydroxylation is 2. The zero-order chi connectivity index (χ0) is 14.7. The molecule has 0 aliphatic carbocycles. The van der Waals surface area contributed by atoms with Crippen molar-refractivity contribution in [3.8, 4) is 11.9 Å². The number of hydrogen-bond donors (Lipinski definition) is 0. The lowest BCUT2D eigenvalue weighted by molar-refractivity contribution is 0.0518. The summed E-state index contributed by atoms with van der Waals surface area (Å²) in [5, 5.41) is 17.1. The molecule has 0 N–H and O–H groups in total. The molecule has 0 aliphatic heterocycles. The molecular formula is C13H13N5O2. The first-order valence-electron chi connectivity index (χ1n) is 6.05. The van der Waals surface area contributed by atoms with Crippen LogP contribution in [0.3, 0.4) is 0 Å². The average molecular weight is 271 g/mol. The molecule has 102 valence electrons. The number of carbonyl (C=O) groups is 1. The molecule has 7 heteroatoms. The molecule has 0 aliphatic rings. The van der Waals surface area contributed by atoms with Crippen molar-refractivity contribution in [3.05, 3.63) is 34.8 Å².